The van der Waals surface area contributed by atoms with Crippen LogP contribution < -0.4 is 5.32 Å². The van der Waals surface area contributed by atoms with Crippen molar-refractivity contribution in [3.05, 3.63) is 33.8 Å². The van der Waals surface area contributed by atoms with Crippen LogP contribution in [0.3, 0.4) is 0 Å². The van der Waals surface area contributed by atoms with Gasteiger partial charge in [-0.05, 0) is 49.4 Å². The lowest BCUT2D eigenvalue weighted by Crippen LogP contribution is -2.40. The highest BCUT2D eigenvalue weighted by atomic mass is 35.5. The van der Waals surface area contributed by atoms with Crippen LogP contribution in [0, 0.1) is 5.41 Å². The van der Waals surface area contributed by atoms with Crippen LogP contribution in [-0.2, 0) is 6.42 Å². The summed E-state index contributed by atoms with van der Waals surface area (Å²) in [5, 5.41) is 4.89. The van der Waals surface area contributed by atoms with Crippen LogP contribution in [0.4, 0.5) is 0 Å². The van der Waals surface area contributed by atoms with E-state index in [4.69, 9.17) is 23.2 Å². The second kappa shape index (κ2) is 4.95. The van der Waals surface area contributed by atoms with Crippen molar-refractivity contribution in [2.75, 3.05) is 13.6 Å². The van der Waals surface area contributed by atoms with E-state index < -0.39 is 0 Å². The van der Waals surface area contributed by atoms with Crippen molar-refractivity contribution < 1.29 is 0 Å². The molecule has 0 atom stereocenters. The topological polar surface area (TPSA) is 12.0 Å². The molecule has 0 aromatic heterocycles. The molecule has 1 nitrogen and oxygen atoms in total. The van der Waals surface area contributed by atoms with Gasteiger partial charge in [-0.3, -0.25) is 0 Å². The Kier molecular flexibility index (Phi) is 3.78. The normalized spacial score (nSPS) is 18.2. The molecule has 1 N–H and O–H groups in total. The summed E-state index contributed by atoms with van der Waals surface area (Å²) in [7, 11) is 2.01. The molecule has 0 bridgehead atoms. The lowest BCUT2D eigenvalue weighted by molar-refractivity contribution is 0.133. The number of hydrogen-bond acceptors (Lipinski definition) is 1. The monoisotopic (exact) mass is 257 g/mol. The van der Waals surface area contributed by atoms with Crippen molar-refractivity contribution in [3.63, 3.8) is 0 Å². The molecule has 16 heavy (non-hydrogen) atoms. The van der Waals surface area contributed by atoms with Gasteiger partial charge in [-0.1, -0.05) is 35.7 Å². The van der Waals surface area contributed by atoms with Crippen molar-refractivity contribution in [3.8, 4) is 0 Å². The molecule has 1 saturated carbocycles. The maximum absolute atomic E-state index is 6.21. The molecule has 88 valence electrons. The summed E-state index contributed by atoms with van der Waals surface area (Å²) in [6.45, 7) is 1.05. The largest absolute Gasteiger partial charge is 0.319 e. The molecule has 1 fully saturated rings. The minimum Gasteiger partial charge on any atom is -0.319 e. The summed E-state index contributed by atoms with van der Waals surface area (Å²) in [5.41, 5.74) is 1.49. The van der Waals surface area contributed by atoms with E-state index in [2.05, 4.69) is 5.32 Å². The highest BCUT2D eigenvalue weighted by molar-refractivity contribution is 6.36. The van der Waals surface area contributed by atoms with Crippen LogP contribution in [0.25, 0.3) is 0 Å². The number of benzene rings is 1. The van der Waals surface area contributed by atoms with Gasteiger partial charge in [0.15, 0.2) is 0 Å². The Labute approximate surface area is 107 Å². The lowest BCUT2D eigenvalue weighted by atomic mass is 9.65. The summed E-state index contributed by atoms with van der Waals surface area (Å²) < 4.78 is 0. The Morgan fingerprint density at radius 2 is 1.88 bits per heavy atom. The molecule has 1 aliphatic carbocycles. The Hall–Kier alpha value is -0.240. The molecule has 0 spiro atoms. The molecule has 0 amide bonds. The first-order chi connectivity index (χ1) is 7.67. The highest BCUT2D eigenvalue weighted by Crippen LogP contribution is 2.45. The number of hydrogen-bond donors (Lipinski definition) is 1. The minimum atomic E-state index is 0.378. The molecular formula is C13H17Cl2N. The maximum Gasteiger partial charge on any atom is 0.0453 e. The predicted octanol–water partition coefficient (Wildman–Crippen LogP) is 3.93. The second-order valence-electron chi connectivity index (χ2n) is 4.76. The second-order valence-corrected chi connectivity index (χ2v) is 5.58. The molecule has 0 saturated heterocycles. The van der Waals surface area contributed by atoms with Gasteiger partial charge in [-0.2, -0.15) is 0 Å². The van der Waals surface area contributed by atoms with E-state index in [1.165, 1.54) is 19.3 Å². The van der Waals surface area contributed by atoms with E-state index in [0.717, 1.165) is 28.6 Å². The Morgan fingerprint density at radius 1 is 1.25 bits per heavy atom. The van der Waals surface area contributed by atoms with E-state index in [-0.39, 0.29) is 0 Å². The Morgan fingerprint density at radius 3 is 2.31 bits per heavy atom. The first-order valence-electron chi connectivity index (χ1n) is 5.74. The van der Waals surface area contributed by atoms with Crippen molar-refractivity contribution in [1.82, 2.24) is 5.32 Å². The fraction of sp³-hybridized carbons (Fsp3) is 0.538. The van der Waals surface area contributed by atoms with Gasteiger partial charge in [0.05, 0.1) is 0 Å². The van der Waals surface area contributed by atoms with Gasteiger partial charge < -0.3 is 5.32 Å². The Balaban J connectivity index is 2.19. The van der Waals surface area contributed by atoms with Crippen LogP contribution in [-0.4, -0.2) is 13.6 Å². The minimum absolute atomic E-state index is 0.378. The van der Waals surface area contributed by atoms with Gasteiger partial charge in [0.25, 0.3) is 0 Å². The van der Waals surface area contributed by atoms with Crippen LogP contribution in [0.2, 0.25) is 10.0 Å². The maximum atomic E-state index is 6.21. The average molecular weight is 258 g/mol. The number of rotatable bonds is 4. The van der Waals surface area contributed by atoms with Crippen molar-refractivity contribution in [2.24, 2.45) is 5.41 Å². The fourth-order valence-corrected chi connectivity index (χ4v) is 3.08. The Bertz CT molecular complexity index is 352. The molecular weight excluding hydrogens is 241 g/mol. The predicted molar refractivity (Wildman–Crippen MR) is 70.4 cm³/mol. The number of nitrogens with one attached hydrogen (secondary N) is 1. The third kappa shape index (κ3) is 2.37. The lowest BCUT2D eigenvalue weighted by Gasteiger charge is -2.42. The third-order valence-electron chi connectivity index (χ3n) is 3.58. The molecule has 0 heterocycles. The third-order valence-corrected chi connectivity index (χ3v) is 4.29. The standard InChI is InChI=1S/C13H17Cl2N/c1-16-9-13(6-3-7-13)8-10-11(14)4-2-5-12(10)15/h2,4-5,16H,3,6-9H2,1H3. The highest BCUT2D eigenvalue weighted by Gasteiger charge is 2.37. The van der Waals surface area contributed by atoms with Gasteiger partial charge >= 0.3 is 0 Å². The first kappa shape index (κ1) is 12.2. The molecule has 0 radical (unpaired) electrons. The van der Waals surface area contributed by atoms with Crippen LogP contribution in [0.15, 0.2) is 18.2 Å². The van der Waals surface area contributed by atoms with Crippen molar-refractivity contribution >= 4 is 23.2 Å². The molecule has 3 heteroatoms. The summed E-state index contributed by atoms with van der Waals surface area (Å²) >= 11 is 12.4. The van der Waals surface area contributed by atoms with E-state index in [0.29, 0.717) is 5.41 Å². The van der Waals surface area contributed by atoms with Crippen LogP contribution in [0.5, 0.6) is 0 Å². The molecule has 0 unspecified atom stereocenters. The van der Waals surface area contributed by atoms with Gasteiger partial charge in [0, 0.05) is 16.6 Å². The quantitative estimate of drug-likeness (QED) is 0.862. The average Bonchev–Trinajstić information content (AvgIpc) is 2.20. The molecule has 1 aliphatic rings. The summed E-state index contributed by atoms with van der Waals surface area (Å²) in [4.78, 5) is 0. The zero-order chi connectivity index (χ0) is 11.6. The van der Waals surface area contributed by atoms with E-state index in [1.54, 1.807) is 0 Å². The zero-order valence-electron chi connectivity index (χ0n) is 9.52. The summed E-state index contributed by atoms with van der Waals surface area (Å²) in [6, 6.07) is 5.75. The van der Waals surface area contributed by atoms with Gasteiger partial charge in [-0.25, -0.2) is 0 Å². The van der Waals surface area contributed by atoms with Gasteiger partial charge in [0.2, 0.25) is 0 Å². The molecule has 0 aliphatic heterocycles. The molecule has 2 rings (SSSR count). The van der Waals surface area contributed by atoms with E-state index >= 15 is 0 Å². The summed E-state index contributed by atoms with van der Waals surface area (Å²) in [5.74, 6) is 0. The smallest absolute Gasteiger partial charge is 0.0453 e. The molecule has 1 aromatic carbocycles. The van der Waals surface area contributed by atoms with Gasteiger partial charge in [0.1, 0.15) is 0 Å². The summed E-state index contributed by atoms with van der Waals surface area (Å²) in [6.07, 6.45) is 4.86. The van der Waals surface area contributed by atoms with E-state index in [9.17, 15) is 0 Å². The SMILES string of the molecule is CNCC1(Cc2c(Cl)cccc2Cl)CCC1. The van der Waals surface area contributed by atoms with Crippen molar-refractivity contribution in [1.29, 1.82) is 0 Å². The zero-order valence-corrected chi connectivity index (χ0v) is 11.0. The fourth-order valence-electron chi connectivity index (χ4n) is 2.54. The number of halogens is 2. The van der Waals surface area contributed by atoms with Crippen LogP contribution >= 0.6 is 23.2 Å². The first-order valence-corrected chi connectivity index (χ1v) is 6.50. The van der Waals surface area contributed by atoms with E-state index in [1.807, 2.05) is 25.2 Å². The molecule has 1 aromatic rings. The van der Waals surface area contributed by atoms with Gasteiger partial charge in [-0.15, -0.1) is 0 Å². The van der Waals surface area contributed by atoms with Crippen molar-refractivity contribution in [2.45, 2.75) is 25.7 Å². The van der Waals surface area contributed by atoms with Crippen LogP contribution in [0.1, 0.15) is 24.8 Å².